The van der Waals surface area contributed by atoms with Crippen LogP contribution >= 0.6 is 11.3 Å². The number of amides is 1. The summed E-state index contributed by atoms with van der Waals surface area (Å²) in [4.78, 5) is 16.8. The highest BCUT2D eigenvalue weighted by Crippen LogP contribution is 2.31. The average Bonchev–Trinajstić information content (AvgIpc) is 2.93. The monoisotopic (exact) mass is 326 g/mol. The van der Waals surface area contributed by atoms with Crippen molar-refractivity contribution in [2.75, 3.05) is 11.9 Å². The van der Waals surface area contributed by atoms with Crippen LogP contribution in [0.25, 0.3) is 10.2 Å². The molecule has 0 bridgehead atoms. The number of carbonyl (C=O) groups is 1. The van der Waals surface area contributed by atoms with Crippen molar-refractivity contribution in [1.29, 1.82) is 0 Å². The van der Waals surface area contributed by atoms with E-state index in [4.69, 9.17) is 9.47 Å². The molecule has 0 unspecified atom stereocenters. The lowest BCUT2D eigenvalue weighted by Crippen LogP contribution is -2.40. The Morgan fingerprint density at radius 3 is 2.96 bits per heavy atom. The summed E-state index contributed by atoms with van der Waals surface area (Å²) in [6, 6.07) is 13.0. The first-order valence-electron chi connectivity index (χ1n) is 7.25. The molecule has 0 spiro atoms. The predicted molar refractivity (Wildman–Crippen MR) is 89.3 cm³/mol. The van der Waals surface area contributed by atoms with Crippen LogP contribution in [0.2, 0.25) is 0 Å². The number of benzene rings is 2. The number of hydrogen-bond donors (Lipinski definition) is 1. The molecule has 0 radical (unpaired) electrons. The third-order valence-electron chi connectivity index (χ3n) is 3.56. The number of thiazole rings is 1. The Morgan fingerprint density at radius 2 is 2.09 bits per heavy atom. The first kappa shape index (κ1) is 14.0. The van der Waals surface area contributed by atoms with Gasteiger partial charge in [0.05, 0.1) is 15.2 Å². The van der Waals surface area contributed by atoms with E-state index in [-0.39, 0.29) is 12.5 Å². The van der Waals surface area contributed by atoms with Gasteiger partial charge in [-0.15, -0.1) is 11.3 Å². The summed E-state index contributed by atoms with van der Waals surface area (Å²) in [6.45, 7) is 2.17. The molecular formula is C17H14N2O3S. The van der Waals surface area contributed by atoms with Gasteiger partial charge in [0.1, 0.15) is 6.61 Å². The second-order valence-electron chi connectivity index (χ2n) is 5.27. The Labute approximate surface area is 136 Å². The van der Waals surface area contributed by atoms with Crippen molar-refractivity contribution < 1.29 is 14.3 Å². The minimum Gasteiger partial charge on any atom is -0.485 e. The zero-order valence-corrected chi connectivity index (χ0v) is 13.2. The number of anilines is 1. The molecular weight excluding hydrogens is 312 g/mol. The zero-order chi connectivity index (χ0) is 15.8. The lowest BCUT2D eigenvalue weighted by Gasteiger charge is -2.25. The molecule has 0 saturated carbocycles. The minimum atomic E-state index is -0.663. The Balaban J connectivity index is 1.51. The van der Waals surface area contributed by atoms with Crippen LogP contribution in [-0.4, -0.2) is 23.6 Å². The molecule has 1 amide bonds. The number of carbonyl (C=O) groups excluding carboxylic acids is 1. The van der Waals surface area contributed by atoms with Crippen LogP contribution in [0.1, 0.15) is 5.01 Å². The van der Waals surface area contributed by atoms with E-state index in [1.54, 1.807) is 17.4 Å². The van der Waals surface area contributed by atoms with Gasteiger partial charge in [0.15, 0.2) is 11.5 Å². The Bertz CT molecular complexity index is 890. The molecule has 6 heteroatoms. The predicted octanol–water partition coefficient (Wildman–Crippen LogP) is 3.38. The highest BCUT2D eigenvalue weighted by molar-refractivity contribution is 7.18. The molecule has 0 saturated heterocycles. The van der Waals surface area contributed by atoms with Gasteiger partial charge in [0.2, 0.25) is 6.10 Å². The number of aryl methyl sites for hydroxylation is 1. The maximum atomic E-state index is 12.4. The quantitative estimate of drug-likeness (QED) is 0.784. The van der Waals surface area contributed by atoms with Crippen LogP contribution < -0.4 is 14.8 Å². The third-order valence-corrected chi connectivity index (χ3v) is 4.50. The molecule has 23 heavy (non-hydrogen) atoms. The van der Waals surface area contributed by atoms with Crippen LogP contribution in [0, 0.1) is 6.92 Å². The van der Waals surface area contributed by atoms with Crippen LogP contribution in [0.5, 0.6) is 11.5 Å². The normalized spacial score (nSPS) is 16.3. The standard InChI is InChI=1S/C17H14N2O3S/c1-10-18-12-7-6-11(8-16(12)23-10)19-17(20)15-9-21-13-4-2-3-5-14(13)22-15/h2-8,15H,9H2,1H3,(H,19,20)/t15-/m1/s1. The summed E-state index contributed by atoms with van der Waals surface area (Å²) >= 11 is 1.60. The summed E-state index contributed by atoms with van der Waals surface area (Å²) in [5.74, 6) is 1.03. The lowest BCUT2D eigenvalue weighted by atomic mass is 10.2. The number of ether oxygens (including phenoxy) is 2. The van der Waals surface area contributed by atoms with Gasteiger partial charge in [0, 0.05) is 5.69 Å². The van der Waals surface area contributed by atoms with Crippen LogP contribution in [0.3, 0.4) is 0 Å². The molecule has 1 aliphatic rings. The Hall–Kier alpha value is -2.60. The highest BCUT2D eigenvalue weighted by atomic mass is 32.1. The van der Waals surface area contributed by atoms with Gasteiger partial charge < -0.3 is 14.8 Å². The maximum absolute atomic E-state index is 12.4. The number of nitrogens with one attached hydrogen (secondary N) is 1. The molecule has 2 aromatic carbocycles. The van der Waals surface area contributed by atoms with Gasteiger partial charge >= 0.3 is 0 Å². The van der Waals surface area contributed by atoms with Gasteiger partial charge in [-0.1, -0.05) is 12.1 Å². The topological polar surface area (TPSA) is 60.5 Å². The number of fused-ring (bicyclic) bond motifs is 2. The van der Waals surface area contributed by atoms with Gasteiger partial charge in [-0.2, -0.15) is 0 Å². The van der Waals surface area contributed by atoms with E-state index < -0.39 is 6.10 Å². The fraction of sp³-hybridized carbons (Fsp3) is 0.176. The molecule has 116 valence electrons. The SMILES string of the molecule is Cc1nc2ccc(NC(=O)[C@H]3COc4ccccc4O3)cc2s1. The van der Waals surface area contributed by atoms with E-state index in [1.165, 1.54) is 0 Å². The zero-order valence-electron chi connectivity index (χ0n) is 12.4. The van der Waals surface area contributed by atoms with E-state index >= 15 is 0 Å². The van der Waals surface area contributed by atoms with Gasteiger partial charge in [0.25, 0.3) is 5.91 Å². The number of aromatic nitrogens is 1. The fourth-order valence-corrected chi connectivity index (χ4v) is 3.36. The molecule has 0 fully saturated rings. The minimum absolute atomic E-state index is 0.199. The van der Waals surface area contributed by atoms with Gasteiger partial charge in [-0.05, 0) is 37.3 Å². The van der Waals surface area contributed by atoms with Crippen LogP contribution in [0.15, 0.2) is 42.5 Å². The van der Waals surface area contributed by atoms with Gasteiger partial charge in [-0.3, -0.25) is 4.79 Å². The van der Waals surface area contributed by atoms with E-state index in [9.17, 15) is 4.79 Å². The number of hydrogen-bond acceptors (Lipinski definition) is 5. The molecule has 0 aliphatic carbocycles. The fourth-order valence-electron chi connectivity index (χ4n) is 2.49. The Kier molecular flexibility index (Phi) is 3.38. The first-order valence-corrected chi connectivity index (χ1v) is 8.07. The molecule has 1 aromatic heterocycles. The van der Waals surface area contributed by atoms with E-state index in [0.717, 1.165) is 20.9 Å². The molecule has 2 heterocycles. The molecule has 1 aliphatic heterocycles. The molecule has 1 N–H and O–H groups in total. The summed E-state index contributed by atoms with van der Waals surface area (Å²) in [7, 11) is 0. The smallest absolute Gasteiger partial charge is 0.269 e. The highest BCUT2D eigenvalue weighted by Gasteiger charge is 2.27. The van der Waals surface area contributed by atoms with Crippen molar-refractivity contribution in [2.45, 2.75) is 13.0 Å². The van der Waals surface area contributed by atoms with Crippen LogP contribution in [0.4, 0.5) is 5.69 Å². The number of nitrogens with zero attached hydrogens (tertiary/aromatic N) is 1. The van der Waals surface area contributed by atoms with Crippen molar-refractivity contribution in [3.05, 3.63) is 47.5 Å². The first-order chi connectivity index (χ1) is 11.2. The number of para-hydroxylation sites is 2. The van der Waals surface area contributed by atoms with Crippen molar-refractivity contribution in [3.8, 4) is 11.5 Å². The second-order valence-corrected chi connectivity index (χ2v) is 6.50. The number of rotatable bonds is 2. The third kappa shape index (κ3) is 2.73. The Morgan fingerprint density at radius 1 is 1.26 bits per heavy atom. The van der Waals surface area contributed by atoms with Crippen molar-refractivity contribution in [3.63, 3.8) is 0 Å². The largest absolute Gasteiger partial charge is 0.485 e. The molecule has 4 rings (SSSR count). The summed E-state index contributed by atoms with van der Waals surface area (Å²) in [5.41, 5.74) is 1.67. The molecule has 5 nitrogen and oxygen atoms in total. The molecule has 1 atom stereocenters. The van der Waals surface area contributed by atoms with Crippen molar-refractivity contribution in [1.82, 2.24) is 4.98 Å². The van der Waals surface area contributed by atoms with Crippen molar-refractivity contribution >= 4 is 33.1 Å². The van der Waals surface area contributed by atoms with E-state index in [0.29, 0.717) is 11.5 Å². The lowest BCUT2D eigenvalue weighted by molar-refractivity contribution is -0.125. The maximum Gasteiger partial charge on any atom is 0.269 e. The summed E-state index contributed by atoms with van der Waals surface area (Å²) in [5, 5.41) is 3.88. The van der Waals surface area contributed by atoms with Crippen LogP contribution in [-0.2, 0) is 4.79 Å². The van der Waals surface area contributed by atoms with E-state index in [2.05, 4.69) is 10.3 Å². The van der Waals surface area contributed by atoms with Crippen molar-refractivity contribution in [2.24, 2.45) is 0 Å². The summed E-state index contributed by atoms with van der Waals surface area (Å²) < 4.78 is 12.3. The second kappa shape index (κ2) is 5.55. The summed E-state index contributed by atoms with van der Waals surface area (Å²) in [6.07, 6.45) is -0.663. The molecule has 3 aromatic rings. The van der Waals surface area contributed by atoms with Gasteiger partial charge in [-0.25, -0.2) is 4.98 Å². The average molecular weight is 326 g/mol. The van der Waals surface area contributed by atoms with E-state index in [1.807, 2.05) is 43.3 Å².